The number of anilines is 3. The lowest BCUT2D eigenvalue weighted by molar-refractivity contribution is 0.282. The third-order valence-electron chi connectivity index (χ3n) is 3.71. The Morgan fingerprint density at radius 1 is 1.08 bits per heavy atom. The summed E-state index contributed by atoms with van der Waals surface area (Å²) < 4.78 is 1.66. The molecular weight excluding hydrogens is 318 g/mol. The molecule has 4 rings (SSSR count). The van der Waals surface area contributed by atoms with E-state index in [2.05, 4.69) is 25.4 Å². The van der Waals surface area contributed by atoms with Crippen LogP contribution in [0.4, 0.5) is 17.5 Å². The predicted molar refractivity (Wildman–Crippen MR) is 94.1 cm³/mol. The molecule has 0 aliphatic heterocycles. The molecule has 124 valence electrons. The highest BCUT2D eigenvalue weighted by atomic mass is 16.3. The Labute approximate surface area is 143 Å². The first-order chi connectivity index (χ1) is 12.2. The molecule has 3 heterocycles. The van der Waals surface area contributed by atoms with Crippen molar-refractivity contribution in [1.82, 2.24) is 24.6 Å². The molecule has 0 bridgehead atoms. The van der Waals surface area contributed by atoms with Gasteiger partial charge in [0.15, 0.2) is 5.65 Å². The highest BCUT2D eigenvalue weighted by Crippen LogP contribution is 2.22. The second-order valence-corrected chi connectivity index (χ2v) is 5.43. The van der Waals surface area contributed by atoms with Gasteiger partial charge in [-0.3, -0.25) is 4.98 Å². The van der Waals surface area contributed by atoms with Gasteiger partial charge in [0.1, 0.15) is 11.5 Å². The van der Waals surface area contributed by atoms with Gasteiger partial charge >= 0.3 is 0 Å². The fraction of sp³-hybridized carbons (Fsp3) is 0.0588. The quantitative estimate of drug-likeness (QED) is 0.523. The molecule has 1 aromatic carbocycles. The van der Waals surface area contributed by atoms with Crippen LogP contribution in [-0.4, -0.2) is 29.7 Å². The number of nitrogens with one attached hydrogen (secondary N) is 1. The Hall–Kier alpha value is -3.52. The Balaban J connectivity index is 1.70. The number of benzene rings is 1. The molecule has 0 unspecified atom stereocenters. The predicted octanol–water partition coefficient (Wildman–Crippen LogP) is 2.00. The van der Waals surface area contributed by atoms with Crippen molar-refractivity contribution in [3.05, 3.63) is 60.6 Å². The molecule has 8 heteroatoms. The van der Waals surface area contributed by atoms with Crippen molar-refractivity contribution in [3.8, 4) is 11.3 Å². The van der Waals surface area contributed by atoms with Gasteiger partial charge in [0.05, 0.1) is 6.61 Å². The minimum atomic E-state index is 0.0115. The number of aliphatic hydroxyl groups excluding tert-OH is 1. The van der Waals surface area contributed by atoms with E-state index in [0.29, 0.717) is 23.1 Å². The van der Waals surface area contributed by atoms with Gasteiger partial charge in [-0.1, -0.05) is 12.1 Å². The van der Waals surface area contributed by atoms with Crippen LogP contribution >= 0.6 is 0 Å². The topological polar surface area (TPSA) is 114 Å². The van der Waals surface area contributed by atoms with Crippen LogP contribution in [0.5, 0.6) is 0 Å². The molecule has 3 aromatic heterocycles. The van der Waals surface area contributed by atoms with Crippen molar-refractivity contribution in [3.63, 3.8) is 0 Å². The Morgan fingerprint density at radius 2 is 1.92 bits per heavy atom. The molecule has 4 aromatic rings. The third-order valence-corrected chi connectivity index (χ3v) is 3.71. The average Bonchev–Trinajstić information content (AvgIpc) is 3.05. The molecule has 4 N–H and O–H groups in total. The lowest BCUT2D eigenvalue weighted by Crippen LogP contribution is -1.95. The van der Waals surface area contributed by atoms with Crippen LogP contribution in [0.25, 0.3) is 16.9 Å². The standard InChI is InChI=1S/C17H15N7O/c18-14-6-3-12(9-20-14)15-16-22-17(23-24(16)8-7-19-15)21-13-4-1-11(10-25)2-5-13/h1-9,25H,10H2,(H2,18,20)(H,21,23). The molecule has 0 spiro atoms. The van der Waals surface area contributed by atoms with E-state index in [9.17, 15) is 0 Å². The van der Waals surface area contributed by atoms with Crippen LogP contribution in [0.1, 0.15) is 5.56 Å². The van der Waals surface area contributed by atoms with Crippen LogP contribution in [-0.2, 0) is 6.61 Å². The summed E-state index contributed by atoms with van der Waals surface area (Å²) in [6.45, 7) is 0.0115. The molecule has 0 amide bonds. The number of pyridine rings is 1. The molecule has 8 nitrogen and oxygen atoms in total. The first-order valence-corrected chi connectivity index (χ1v) is 7.63. The maximum atomic E-state index is 9.10. The molecule has 0 fully saturated rings. The summed E-state index contributed by atoms with van der Waals surface area (Å²) >= 11 is 0. The monoisotopic (exact) mass is 333 g/mol. The van der Waals surface area contributed by atoms with Crippen LogP contribution in [0, 0.1) is 0 Å². The highest BCUT2D eigenvalue weighted by molar-refractivity contribution is 5.74. The van der Waals surface area contributed by atoms with E-state index >= 15 is 0 Å². The molecular formula is C17H15N7O. The summed E-state index contributed by atoms with van der Waals surface area (Å²) in [6.07, 6.45) is 5.05. The first kappa shape index (κ1) is 15.0. The third kappa shape index (κ3) is 2.98. The van der Waals surface area contributed by atoms with E-state index in [1.54, 1.807) is 29.2 Å². The zero-order chi connectivity index (χ0) is 17.2. The van der Waals surface area contributed by atoms with Crippen molar-refractivity contribution >= 4 is 23.1 Å². The van der Waals surface area contributed by atoms with Crippen LogP contribution in [0.15, 0.2) is 55.0 Å². The number of nitrogens with two attached hydrogens (primary N) is 1. The summed E-state index contributed by atoms with van der Waals surface area (Å²) in [4.78, 5) is 13.0. The normalized spacial score (nSPS) is 10.9. The number of hydrogen-bond donors (Lipinski definition) is 3. The summed E-state index contributed by atoms with van der Waals surface area (Å²) in [5.41, 5.74) is 9.41. The van der Waals surface area contributed by atoms with Crippen LogP contribution in [0.3, 0.4) is 0 Å². The number of nitrogens with zero attached hydrogens (tertiary/aromatic N) is 5. The minimum Gasteiger partial charge on any atom is -0.392 e. The van der Waals surface area contributed by atoms with E-state index in [1.807, 2.05) is 30.3 Å². The lowest BCUT2D eigenvalue weighted by atomic mass is 10.2. The molecule has 0 aliphatic rings. The molecule has 25 heavy (non-hydrogen) atoms. The van der Waals surface area contributed by atoms with Gasteiger partial charge < -0.3 is 16.2 Å². The Bertz CT molecular complexity index is 1010. The maximum absolute atomic E-state index is 9.10. The largest absolute Gasteiger partial charge is 0.392 e. The zero-order valence-corrected chi connectivity index (χ0v) is 13.2. The van der Waals surface area contributed by atoms with Gasteiger partial charge in [0.25, 0.3) is 0 Å². The molecule has 0 saturated heterocycles. The fourth-order valence-electron chi connectivity index (χ4n) is 2.44. The van der Waals surface area contributed by atoms with Gasteiger partial charge in [-0.2, -0.15) is 4.98 Å². The molecule has 0 radical (unpaired) electrons. The number of rotatable bonds is 4. The summed E-state index contributed by atoms with van der Waals surface area (Å²) in [5.74, 6) is 0.903. The van der Waals surface area contributed by atoms with Crippen LogP contribution in [0.2, 0.25) is 0 Å². The number of aromatic nitrogens is 5. The Kier molecular flexibility index (Phi) is 3.71. The van der Waals surface area contributed by atoms with E-state index in [1.165, 1.54) is 0 Å². The van der Waals surface area contributed by atoms with Crippen LogP contribution < -0.4 is 11.1 Å². The number of fused-ring (bicyclic) bond motifs is 1. The van der Waals surface area contributed by atoms with Crippen molar-refractivity contribution in [2.75, 3.05) is 11.1 Å². The van der Waals surface area contributed by atoms with Crippen molar-refractivity contribution in [2.45, 2.75) is 6.61 Å². The Morgan fingerprint density at radius 3 is 2.64 bits per heavy atom. The SMILES string of the molecule is Nc1ccc(-c2nccn3nc(Nc4ccc(CO)cc4)nc23)cn1. The van der Waals surface area contributed by atoms with Crippen molar-refractivity contribution < 1.29 is 5.11 Å². The number of aliphatic hydroxyl groups is 1. The van der Waals surface area contributed by atoms with E-state index in [0.717, 1.165) is 16.8 Å². The van der Waals surface area contributed by atoms with Crippen molar-refractivity contribution in [1.29, 1.82) is 0 Å². The fourth-order valence-corrected chi connectivity index (χ4v) is 2.44. The molecule has 0 saturated carbocycles. The minimum absolute atomic E-state index is 0.0115. The van der Waals surface area contributed by atoms with Gasteiger partial charge in [0.2, 0.25) is 5.95 Å². The summed E-state index contributed by atoms with van der Waals surface area (Å²) in [5, 5.41) is 16.7. The van der Waals surface area contributed by atoms with Crippen molar-refractivity contribution in [2.24, 2.45) is 0 Å². The average molecular weight is 333 g/mol. The highest BCUT2D eigenvalue weighted by Gasteiger charge is 2.11. The molecule has 0 atom stereocenters. The maximum Gasteiger partial charge on any atom is 0.247 e. The first-order valence-electron chi connectivity index (χ1n) is 7.63. The van der Waals surface area contributed by atoms with E-state index in [-0.39, 0.29) is 6.61 Å². The van der Waals surface area contributed by atoms with E-state index < -0.39 is 0 Å². The molecule has 0 aliphatic carbocycles. The second-order valence-electron chi connectivity index (χ2n) is 5.43. The second kappa shape index (κ2) is 6.17. The van der Waals surface area contributed by atoms with Gasteiger partial charge in [-0.05, 0) is 29.8 Å². The van der Waals surface area contributed by atoms with Gasteiger partial charge in [0, 0.05) is 29.8 Å². The smallest absolute Gasteiger partial charge is 0.247 e. The number of hydrogen-bond acceptors (Lipinski definition) is 7. The van der Waals surface area contributed by atoms with E-state index in [4.69, 9.17) is 10.8 Å². The number of nitrogen functional groups attached to an aromatic ring is 1. The summed E-state index contributed by atoms with van der Waals surface area (Å²) in [6, 6.07) is 11.0. The summed E-state index contributed by atoms with van der Waals surface area (Å²) in [7, 11) is 0. The van der Waals surface area contributed by atoms with Gasteiger partial charge in [-0.25, -0.2) is 9.50 Å². The zero-order valence-electron chi connectivity index (χ0n) is 13.2. The van der Waals surface area contributed by atoms with Gasteiger partial charge in [-0.15, -0.1) is 5.10 Å². The lowest BCUT2D eigenvalue weighted by Gasteiger charge is -2.02.